The van der Waals surface area contributed by atoms with Gasteiger partial charge in [0.1, 0.15) is 11.5 Å². The fraction of sp³-hybridized carbons (Fsp3) is 0.250. The van der Waals surface area contributed by atoms with Gasteiger partial charge in [-0.1, -0.05) is 35.9 Å². The van der Waals surface area contributed by atoms with E-state index in [0.717, 1.165) is 18.6 Å². The van der Waals surface area contributed by atoms with Gasteiger partial charge in [0.15, 0.2) is 6.61 Å². The molecule has 2 N–H and O–H groups in total. The lowest BCUT2D eigenvalue weighted by atomic mass is 10.2. The maximum absolute atomic E-state index is 12.6. The minimum absolute atomic E-state index is 0.0237. The summed E-state index contributed by atoms with van der Waals surface area (Å²) >= 11 is 0. The van der Waals surface area contributed by atoms with Gasteiger partial charge in [-0.05, 0) is 62.2 Å². The number of carbonyl (C=O) groups excluding carboxylic acids is 3. The van der Waals surface area contributed by atoms with Crippen molar-refractivity contribution >= 4 is 29.1 Å². The van der Waals surface area contributed by atoms with Crippen molar-refractivity contribution in [2.24, 2.45) is 0 Å². The Labute approximate surface area is 210 Å². The van der Waals surface area contributed by atoms with Crippen molar-refractivity contribution in [3.63, 3.8) is 0 Å². The number of aryl methyl sites for hydroxylation is 1. The molecule has 36 heavy (non-hydrogen) atoms. The number of carbonyl (C=O) groups is 3. The summed E-state index contributed by atoms with van der Waals surface area (Å²) in [6.07, 6.45) is 1.53. The monoisotopic (exact) mass is 487 g/mol. The van der Waals surface area contributed by atoms with E-state index in [-0.39, 0.29) is 30.9 Å². The van der Waals surface area contributed by atoms with Crippen LogP contribution in [0.5, 0.6) is 11.5 Å². The Kier molecular flexibility index (Phi) is 8.18. The number of hydrogen-bond donors (Lipinski definition) is 2. The Bertz CT molecular complexity index is 1210. The molecule has 3 amide bonds. The SMILES string of the molecule is Cc1ccc(OCCCCN2C(=O)COc3ccc(NC(=O)CNC(=O)c4ccccc4)cc32)cc1. The van der Waals surface area contributed by atoms with Crippen molar-refractivity contribution in [3.8, 4) is 11.5 Å². The molecule has 8 heteroatoms. The Morgan fingerprint density at radius 3 is 2.56 bits per heavy atom. The van der Waals surface area contributed by atoms with Gasteiger partial charge in [-0.15, -0.1) is 0 Å². The molecule has 0 aromatic heterocycles. The first-order valence-electron chi connectivity index (χ1n) is 11.9. The Morgan fingerprint density at radius 1 is 1.00 bits per heavy atom. The summed E-state index contributed by atoms with van der Waals surface area (Å²) in [5.74, 6) is 0.574. The molecular formula is C28H29N3O5. The van der Waals surface area contributed by atoms with E-state index in [1.165, 1.54) is 5.56 Å². The number of nitrogens with zero attached hydrogens (tertiary/aromatic N) is 1. The van der Waals surface area contributed by atoms with E-state index in [4.69, 9.17) is 9.47 Å². The van der Waals surface area contributed by atoms with Crippen molar-refractivity contribution in [3.05, 3.63) is 83.9 Å². The average Bonchev–Trinajstić information content (AvgIpc) is 2.89. The summed E-state index contributed by atoms with van der Waals surface area (Å²) in [7, 11) is 0. The lowest BCUT2D eigenvalue weighted by Gasteiger charge is -2.30. The Morgan fingerprint density at radius 2 is 1.78 bits per heavy atom. The van der Waals surface area contributed by atoms with Gasteiger partial charge >= 0.3 is 0 Å². The molecule has 0 spiro atoms. The van der Waals surface area contributed by atoms with Gasteiger partial charge in [-0.25, -0.2) is 0 Å². The van der Waals surface area contributed by atoms with Crippen LogP contribution in [0, 0.1) is 6.92 Å². The fourth-order valence-corrected chi connectivity index (χ4v) is 3.78. The first-order chi connectivity index (χ1) is 17.5. The largest absolute Gasteiger partial charge is 0.494 e. The molecule has 0 radical (unpaired) electrons. The highest BCUT2D eigenvalue weighted by Crippen LogP contribution is 2.34. The quantitative estimate of drug-likeness (QED) is 0.422. The molecule has 0 unspecified atom stereocenters. The number of amides is 3. The predicted octanol–water partition coefficient (Wildman–Crippen LogP) is 3.95. The molecule has 0 aliphatic carbocycles. The molecule has 3 aromatic carbocycles. The fourth-order valence-electron chi connectivity index (χ4n) is 3.78. The summed E-state index contributed by atoms with van der Waals surface area (Å²) in [6.45, 7) is 2.90. The Balaban J connectivity index is 1.29. The van der Waals surface area contributed by atoms with E-state index >= 15 is 0 Å². The van der Waals surface area contributed by atoms with Crippen LogP contribution in [-0.2, 0) is 9.59 Å². The maximum atomic E-state index is 12.6. The number of nitrogens with one attached hydrogen (secondary N) is 2. The molecule has 0 saturated carbocycles. The number of rotatable bonds is 10. The van der Waals surface area contributed by atoms with E-state index in [1.807, 2.05) is 37.3 Å². The van der Waals surface area contributed by atoms with Gasteiger partial charge in [-0.3, -0.25) is 14.4 Å². The van der Waals surface area contributed by atoms with Crippen LogP contribution in [0.25, 0.3) is 0 Å². The van der Waals surface area contributed by atoms with Crippen LogP contribution in [0.1, 0.15) is 28.8 Å². The summed E-state index contributed by atoms with van der Waals surface area (Å²) in [5, 5.41) is 5.36. The average molecular weight is 488 g/mol. The molecule has 0 fully saturated rings. The zero-order valence-electron chi connectivity index (χ0n) is 20.2. The first-order valence-corrected chi connectivity index (χ1v) is 11.9. The number of ether oxygens (including phenoxy) is 2. The number of anilines is 2. The second kappa shape index (κ2) is 11.9. The van der Waals surface area contributed by atoms with E-state index < -0.39 is 0 Å². The minimum Gasteiger partial charge on any atom is -0.494 e. The van der Waals surface area contributed by atoms with E-state index in [9.17, 15) is 14.4 Å². The van der Waals surface area contributed by atoms with Crippen molar-refractivity contribution in [2.45, 2.75) is 19.8 Å². The highest BCUT2D eigenvalue weighted by Gasteiger charge is 2.25. The van der Waals surface area contributed by atoms with Crippen LogP contribution in [-0.4, -0.2) is 44.0 Å². The van der Waals surface area contributed by atoms with Gasteiger partial charge in [0, 0.05) is 17.8 Å². The summed E-state index contributed by atoms with van der Waals surface area (Å²) < 4.78 is 11.3. The Hall–Kier alpha value is -4.33. The van der Waals surface area contributed by atoms with Crippen LogP contribution < -0.4 is 25.0 Å². The van der Waals surface area contributed by atoms with Crippen LogP contribution >= 0.6 is 0 Å². The zero-order valence-corrected chi connectivity index (χ0v) is 20.2. The molecule has 1 aliphatic rings. The first kappa shape index (κ1) is 24.8. The van der Waals surface area contributed by atoms with Crippen LogP contribution in [0.3, 0.4) is 0 Å². The third kappa shape index (κ3) is 6.63. The van der Waals surface area contributed by atoms with Crippen LogP contribution in [0.15, 0.2) is 72.8 Å². The smallest absolute Gasteiger partial charge is 0.265 e. The molecule has 8 nitrogen and oxygen atoms in total. The molecule has 0 saturated heterocycles. The highest BCUT2D eigenvalue weighted by atomic mass is 16.5. The van der Waals surface area contributed by atoms with Crippen LogP contribution in [0.4, 0.5) is 11.4 Å². The molecule has 4 rings (SSSR count). The molecule has 1 heterocycles. The van der Waals surface area contributed by atoms with Gasteiger partial charge in [0.25, 0.3) is 11.8 Å². The highest BCUT2D eigenvalue weighted by molar-refractivity contribution is 6.01. The molecule has 186 valence electrons. The summed E-state index contributed by atoms with van der Waals surface area (Å²) in [6, 6.07) is 21.7. The molecule has 3 aromatic rings. The lowest BCUT2D eigenvalue weighted by Crippen LogP contribution is -2.39. The standard InChI is InChI=1S/C28H29N3O5/c1-20-9-12-23(13-10-20)35-16-6-5-15-31-24-17-22(11-14-25(24)36-19-27(31)33)30-26(32)18-29-28(34)21-7-3-2-4-8-21/h2-4,7-14,17H,5-6,15-16,18-19H2,1H3,(H,29,34)(H,30,32). The third-order valence-corrected chi connectivity index (χ3v) is 5.70. The van der Waals surface area contributed by atoms with E-state index in [2.05, 4.69) is 10.6 Å². The second-order valence-electron chi connectivity index (χ2n) is 8.48. The number of benzene rings is 3. The van der Waals surface area contributed by atoms with Gasteiger partial charge < -0.3 is 25.0 Å². The molecule has 0 atom stereocenters. The lowest BCUT2D eigenvalue weighted by molar-refractivity contribution is -0.121. The van der Waals surface area contributed by atoms with Crippen molar-refractivity contribution < 1.29 is 23.9 Å². The number of fused-ring (bicyclic) bond motifs is 1. The summed E-state index contributed by atoms with van der Waals surface area (Å²) in [4.78, 5) is 38.8. The van der Waals surface area contributed by atoms with Crippen molar-refractivity contribution in [2.75, 3.05) is 36.5 Å². The van der Waals surface area contributed by atoms with E-state index in [0.29, 0.717) is 35.8 Å². The summed E-state index contributed by atoms with van der Waals surface area (Å²) in [5.41, 5.74) is 2.78. The number of hydrogen-bond acceptors (Lipinski definition) is 5. The minimum atomic E-state index is -0.373. The van der Waals surface area contributed by atoms with Crippen molar-refractivity contribution in [1.82, 2.24) is 5.32 Å². The van der Waals surface area contributed by atoms with E-state index in [1.54, 1.807) is 47.4 Å². The number of unbranched alkanes of at least 4 members (excludes halogenated alkanes) is 1. The third-order valence-electron chi connectivity index (χ3n) is 5.70. The predicted molar refractivity (Wildman–Crippen MR) is 138 cm³/mol. The molecule has 0 bridgehead atoms. The van der Waals surface area contributed by atoms with Gasteiger partial charge in [0.2, 0.25) is 5.91 Å². The molecular weight excluding hydrogens is 458 g/mol. The van der Waals surface area contributed by atoms with Crippen LogP contribution in [0.2, 0.25) is 0 Å². The second-order valence-corrected chi connectivity index (χ2v) is 8.48. The maximum Gasteiger partial charge on any atom is 0.265 e. The normalized spacial score (nSPS) is 12.4. The van der Waals surface area contributed by atoms with Crippen molar-refractivity contribution in [1.29, 1.82) is 0 Å². The zero-order chi connectivity index (χ0) is 25.3. The van der Waals surface area contributed by atoms with Gasteiger partial charge in [-0.2, -0.15) is 0 Å². The van der Waals surface area contributed by atoms with Gasteiger partial charge in [0.05, 0.1) is 18.8 Å². The topological polar surface area (TPSA) is 97.0 Å². The molecule has 1 aliphatic heterocycles.